The lowest BCUT2D eigenvalue weighted by molar-refractivity contribution is -0.119. The first-order chi connectivity index (χ1) is 16.5. The maximum Gasteiger partial charge on any atom is 0.414 e. The summed E-state index contributed by atoms with van der Waals surface area (Å²) in [5.74, 6) is 0.835. The first-order valence-electron chi connectivity index (χ1n) is 12.3. The molecule has 2 aromatic rings. The predicted molar refractivity (Wildman–Crippen MR) is 128 cm³/mol. The molecule has 1 aromatic heterocycles. The van der Waals surface area contributed by atoms with Crippen molar-refractivity contribution >= 4 is 17.7 Å². The number of ether oxygens (including phenoxy) is 2. The van der Waals surface area contributed by atoms with Crippen LogP contribution in [0.15, 0.2) is 24.5 Å². The van der Waals surface area contributed by atoms with E-state index in [0.29, 0.717) is 19.1 Å². The Balaban J connectivity index is 1.51. The van der Waals surface area contributed by atoms with Crippen molar-refractivity contribution in [1.29, 1.82) is 0 Å². The number of carbonyl (C=O) groups is 2. The van der Waals surface area contributed by atoms with Gasteiger partial charge in [0.1, 0.15) is 12.4 Å². The molecule has 0 saturated carbocycles. The standard InChI is InChI=1S/C25H33N5O4/c1-16-3-5-21-22(30(16)25(32)33-2)7-6-20(24(21)34-15-18-4-8-23(31)28-18)17-13-27-29(14-17)19-9-11-26-12-10-19/h6-7,13-14,16,18-19,26H,3-5,8-12,15H2,1-2H3,(H,28,31). The van der Waals surface area contributed by atoms with Crippen LogP contribution < -0.4 is 20.3 Å². The largest absolute Gasteiger partial charge is 0.490 e. The van der Waals surface area contributed by atoms with Crippen molar-refractivity contribution in [3.63, 3.8) is 0 Å². The number of methoxy groups -OCH3 is 1. The minimum atomic E-state index is -0.367. The quantitative estimate of drug-likeness (QED) is 0.702. The molecule has 5 rings (SSSR count). The average Bonchev–Trinajstić information content (AvgIpc) is 3.51. The Bertz CT molecular complexity index is 1060. The maximum absolute atomic E-state index is 12.6. The molecule has 0 bridgehead atoms. The van der Waals surface area contributed by atoms with Crippen LogP contribution in [0.2, 0.25) is 0 Å². The Morgan fingerprint density at radius 1 is 1.18 bits per heavy atom. The van der Waals surface area contributed by atoms with Crippen LogP contribution in [0.4, 0.5) is 10.5 Å². The second kappa shape index (κ2) is 9.66. The van der Waals surface area contributed by atoms with Gasteiger partial charge in [0.15, 0.2) is 0 Å². The van der Waals surface area contributed by atoms with Gasteiger partial charge in [-0.05, 0) is 64.3 Å². The molecule has 2 unspecified atom stereocenters. The number of anilines is 1. The molecule has 34 heavy (non-hydrogen) atoms. The van der Waals surface area contributed by atoms with Gasteiger partial charge in [-0.15, -0.1) is 0 Å². The second-order valence-electron chi connectivity index (χ2n) is 9.47. The lowest BCUT2D eigenvalue weighted by Gasteiger charge is -2.35. The molecule has 0 radical (unpaired) electrons. The van der Waals surface area contributed by atoms with Crippen molar-refractivity contribution in [2.45, 2.75) is 63.6 Å². The van der Waals surface area contributed by atoms with Crippen molar-refractivity contribution in [3.8, 4) is 16.9 Å². The molecule has 0 aliphatic carbocycles. The molecule has 3 aliphatic rings. The average molecular weight is 468 g/mol. The van der Waals surface area contributed by atoms with Crippen LogP contribution in [0.3, 0.4) is 0 Å². The summed E-state index contributed by atoms with van der Waals surface area (Å²) >= 11 is 0. The normalized spacial score (nSPS) is 22.9. The highest BCUT2D eigenvalue weighted by atomic mass is 16.5. The Morgan fingerprint density at radius 3 is 2.74 bits per heavy atom. The molecular weight excluding hydrogens is 434 g/mol. The predicted octanol–water partition coefficient (Wildman–Crippen LogP) is 3.04. The van der Waals surface area contributed by atoms with E-state index in [0.717, 1.165) is 73.3 Å². The highest BCUT2D eigenvalue weighted by Crippen LogP contribution is 2.43. The first kappa shape index (κ1) is 22.7. The molecule has 3 aliphatic heterocycles. The van der Waals surface area contributed by atoms with E-state index < -0.39 is 0 Å². The molecule has 1 aromatic carbocycles. The van der Waals surface area contributed by atoms with E-state index in [-0.39, 0.29) is 24.1 Å². The fraction of sp³-hybridized carbons (Fsp3) is 0.560. The minimum Gasteiger partial charge on any atom is -0.490 e. The zero-order valence-electron chi connectivity index (χ0n) is 19.9. The van der Waals surface area contributed by atoms with E-state index in [1.807, 2.05) is 25.3 Å². The van der Waals surface area contributed by atoms with Crippen molar-refractivity contribution in [1.82, 2.24) is 20.4 Å². The number of piperidine rings is 1. The van der Waals surface area contributed by atoms with Gasteiger partial charge in [0.25, 0.3) is 0 Å². The van der Waals surface area contributed by atoms with Crippen LogP contribution in [-0.4, -0.2) is 60.7 Å². The van der Waals surface area contributed by atoms with Crippen LogP contribution in [-0.2, 0) is 16.0 Å². The van der Waals surface area contributed by atoms with E-state index in [4.69, 9.17) is 9.47 Å². The van der Waals surface area contributed by atoms with E-state index in [1.165, 1.54) is 7.11 Å². The SMILES string of the molecule is COC(=O)N1c2ccc(-c3cnn(C4CCNCC4)c3)c(OCC3CCC(=O)N3)c2CCC1C. The first-order valence-corrected chi connectivity index (χ1v) is 12.3. The molecule has 2 fully saturated rings. The Morgan fingerprint density at radius 2 is 2.00 bits per heavy atom. The van der Waals surface area contributed by atoms with Crippen molar-refractivity contribution in [2.75, 3.05) is 31.7 Å². The summed E-state index contributed by atoms with van der Waals surface area (Å²) in [6.45, 7) is 4.43. The number of amides is 2. The molecular formula is C25H33N5O4. The molecule has 9 nitrogen and oxygen atoms in total. The van der Waals surface area contributed by atoms with Crippen LogP contribution in [0.25, 0.3) is 11.1 Å². The van der Waals surface area contributed by atoms with Gasteiger partial charge in [-0.3, -0.25) is 14.4 Å². The number of fused-ring (bicyclic) bond motifs is 1. The third-order valence-corrected chi connectivity index (χ3v) is 7.23. The molecule has 9 heteroatoms. The van der Waals surface area contributed by atoms with Crippen LogP contribution in [0.5, 0.6) is 5.75 Å². The maximum atomic E-state index is 12.6. The van der Waals surface area contributed by atoms with Gasteiger partial charge in [-0.1, -0.05) is 0 Å². The molecule has 2 N–H and O–H groups in total. The number of carbonyl (C=O) groups excluding carboxylic acids is 2. The summed E-state index contributed by atoms with van der Waals surface area (Å²) in [7, 11) is 1.41. The summed E-state index contributed by atoms with van der Waals surface area (Å²) < 4.78 is 13.6. The fourth-order valence-corrected chi connectivity index (χ4v) is 5.31. The summed E-state index contributed by atoms with van der Waals surface area (Å²) in [4.78, 5) is 26.0. The van der Waals surface area contributed by atoms with Gasteiger partial charge in [-0.2, -0.15) is 5.10 Å². The zero-order chi connectivity index (χ0) is 23.7. The highest BCUT2D eigenvalue weighted by molar-refractivity contribution is 5.92. The van der Waals surface area contributed by atoms with Crippen LogP contribution >= 0.6 is 0 Å². The Hall–Kier alpha value is -3.07. The summed E-state index contributed by atoms with van der Waals surface area (Å²) in [5.41, 5.74) is 3.78. The summed E-state index contributed by atoms with van der Waals surface area (Å²) in [6, 6.07) is 4.42. The van der Waals surface area contributed by atoms with Crippen molar-refractivity contribution in [3.05, 3.63) is 30.1 Å². The van der Waals surface area contributed by atoms with E-state index in [9.17, 15) is 9.59 Å². The van der Waals surface area contributed by atoms with E-state index >= 15 is 0 Å². The second-order valence-corrected chi connectivity index (χ2v) is 9.47. The topological polar surface area (TPSA) is 97.7 Å². The van der Waals surface area contributed by atoms with Crippen molar-refractivity contribution in [2.24, 2.45) is 0 Å². The number of aromatic nitrogens is 2. The number of rotatable bonds is 5. The van der Waals surface area contributed by atoms with Gasteiger partial charge >= 0.3 is 6.09 Å². The third-order valence-electron chi connectivity index (χ3n) is 7.23. The zero-order valence-corrected chi connectivity index (χ0v) is 19.9. The van der Waals surface area contributed by atoms with Gasteiger partial charge in [0, 0.05) is 35.3 Å². The van der Waals surface area contributed by atoms with Crippen LogP contribution in [0, 0.1) is 0 Å². The van der Waals surface area contributed by atoms with E-state index in [1.54, 1.807) is 4.90 Å². The molecule has 182 valence electrons. The Labute approximate surface area is 199 Å². The summed E-state index contributed by atoms with van der Waals surface area (Å²) in [5, 5.41) is 11.1. The molecule has 0 spiro atoms. The number of hydrogen-bond acceptors (Lipinski definition) is 6. The van der Waals surface area contributed by atoms with Gasteiger partial charge in [-0.25, -0.2) is 4.79 Å². The fourth-order valence-electron chi connectivity index (χ4n) is 5.31. The number of hydrogen-bond donors (Lipinski definition) is 2. The van der Waals surface area contributed by atoms with Gasteiger partial charge < -0.3 is 20.1 Å². The van der Waals surface area contributed by atoms with Gasteiger partial charge in [0.05, 0.1) is 31.1 Å². The van der Waals surface area contributed by atoms with E-state index in [2.05, 4.69) is 26.6 Å². The van der Waals surface area contributed by atoms with Gasteiger partial charge in [0.2, 0.25) is 5.91 Å². The van der Waals surface area contributed by atoms with Crippen LogP contribution in [0.1, 0.15) is 50.6 Å². The van der Waals surface area contributed by atoms with Crippen molar-refractivity contribution < 1.29 is 19.1 Å². The third kappa shape index (κ3) is 4.36. The minimum absolute atomic E-state index is 0.00658. The summed E-state index contributed by atoms with van der Waals surface area (Å²) in [6.07, 6.45) is 8.66. The monoisotopic (exact) mass is 467 g/mol. The lowest BCUT2D eigenvalue weighted by atomic mass is 9.92. The molecule has 2 amide bonds. The molecule has 2 saturated heterocycles. The number of nitrogens with zero attached hydrogens (tertiary/aromatic N) is 3. The Kier molecular flexibility index (Phi) is 6.45. The molecule has 2 atom stereocenters. The number of nitrogens with one attached hydrogen (secondary N) is 2. The molecule has 4 heterocycles. The lowest BCUT2D eigenvalue weighted by Crippen LogP contribution is -2.42. The number of benzene rings is 1. The highest BCUT2D eigenvalue weighted by Gasteiger charge is 2.33. The smallest absolute Gasteiger partial charge is 0.414 e.